The zero-order valence-electron chi connectivity index (χ0n) is 23.2. The summed E-state index contributed by atoms with van der Waals surface area (Å²) in [6.07, 6.45) is 3.53. The number of ether oxygens (including phenoxy) is 1. The Bertz CT molecular complexity index is 1620. The summed E-state index contributed by atoms with van der Waals surface area (Å²) in [4.78, 5) is 37.5. The van der Waals surface area contributed by atoms with Crippen molar-refractivity contribution in [3.63, 3.8) is 0 Å². The van der Waals surface area contributed by atoms with Gasteiger partial charge in [0.1, 0.15) is 17.7 Å². The number of hydrogen-bond acceptors (Lipinski definition) is 6. The highest BCUT2D eigenvalue weighted by Gasteiger charge is 2.27. The number of benzene rings is 2. The Labute approximate surface area is 232 Å². The maximum absolute atomic E-state index is 13.2. The predicted octanol–water partition coefficient (Wildman–Crippen LogP) is 3.82. The molecule has 10 heteroatoms. The molecule has 2 N–H and O–H groups in total. The standard InChI is InChI=1S/C30H33N5O5/c1-30(2,3)40-28(37)33-24(15-20-12-13-34(4)18-20)27(36)32-23(17-31)14-19-6-8-21(9-7-19)22-10-11-26-25(16-22)35(5)29(38)39-26/h6-13,16,18,23-24H,14-15H2,1-5H3,(H,32,36)(H,33,37)/t23-,24?/m0/s1. The number of carbonyl (C=O) groups excluding carboxylic acids is 2. The summed E-state index contributed by atoms with van der Waals surface area (Å²) >= 11 is 0. The Balaban J connectivity index is 1.45. The van der Waals surface area contributed by atoms with E-state index in [-0.39, 0.29) is 12.8 Å². The number of nitrogens with one attached hydrogen (secondary N) is 2. The minimum Gasteiger partial charge on any atom is -0.444 e. The SMILES string of the molecule is Cn1ccc(CC(NC(=O)OC(C)(C)C)C(=O)N[C@H](C#N)Cc2ccc(-c3ccc4oc(=O)n(C)c4c3)cc2)c1. The fourth-order valence-corrected chi connectivity index (χ4v) is 4.35. The molecule has 0 saturated carbocycles. The van der Waals surface area contributed by atoms with Gasteiger partial charge in [-0.3, -0.25) is 9.36 Å². The molecular formula is C30H33N5O5. The maximum atomic E-state index is 13.2. The predicted molar refractivity (Wildman–Crippen MR) is 150 cm³/mol. The molecule has 2 atom stereocenters. The molecule has 10 nitrogen and oxygen atoms in total. The van der Waals surface area contributed by atoms with Gasteiger partial charge < -0.3 is 24.4 Å². The van der Waals surface area contributed by atoms with E-state index in [0.29, 0.717) is 11.1 Å². The van der Waals surface area contributed by atoms with Gasteiger partial charge in [-0.2, -0.15) is 5.26 Å². The van der Waals surface area contributed by atoms with Crippen LogP contribution < -0.4 is 16.4 Å². The summed E-state index contributed by atoms with van der Waals surface area (Å²) < 4.78 is 13.9. The minimum absolute atomic E-state index is 0.241. The molecule has 2 heterocycles. The highest BCUT2D eigenvalue weighted by molar-refractivity contribution is 5.86. The second-order valence-electron chi connectivity index (χ2n) is 10.8. The molecule has 0 spiro atoms. The van der Waals surface area contributed by atoms with Crippen LogP contribution in [0.4, 0.5) is 4.79 Å². The molecule has 0 aliphatic heterocycles. The minimum atomic E-state index is -0.927. The third kappa shape index (κ3) is 6.99. The molecule has 208 valence electrons. The maximum Gasteiger partial charge on any atom is 0.419 e. The fourth-order valence-electron chi connectivity index (χ4n) is 4.35. The van der Waals surface area contributed by atoms with Gasteiger partial charge in [-0.25, -0.2) is 9.59 Å². The van der Waals surface area contributed by atoms with Crippen molar-refractivity contribution in [3.8, 4) is 17.2 Å². The molecule has 4 rings (SSSR count). The number of oxazole rings is 1. The quantitative estimate of drug-likeness (QED) is 0.347. The molecule has 2 aromatic carbocycles. The van der Waals surface area contributed by atoms with E-state index in [2.05, 4.69) is 16.7 Å². The Morgan fingerprint density at radius 1 is 1.00 bits per heavy atom. The van der Waals surface area contributed by atoms with E-state index >= 15 is 0 Å². The Morgan fingerprint density at radius 3 is 2.33 bits per heavy atom. The number of aromatic nitrogens is 2. The molecule has 0 radical (unpaired) electrons. The van der Waals surface area contributed by atoms with E-state index in [9.17, 15) is 19.6 Å². The number of carbonyl (C=O) groups is 2. The van der Waals surface area contributed by atoms with Gasteiger partial charge >= 0.3 is 11.8 Å². The van der Waals surface area contributed by atoms with Crippen LogP contribution in [0, 0.1) is 11.3 Å². The summed E-state index contributed by atoms with van der Waals surface area (Å²) in [7, 11) is 3.53. The normalized spacial score (nSPS) is 12.9. The smallest absolute Gasteiger partial charge is 0.419 e. The van der Waals surface area contributed by atoms with Crippen LogP contribution in [0.1, 0.15) is 31.9 Å². The Hall–Kier alpha value is -4.78. The lowest BCUT2D eigenvalue weighted by atomic mass is 10.0. The average molecular weight is 544 g/mol. The van der Waals surface area contributed by atoms with Gasteiger partial charge in [0.15, 0.2) is 5.58 Å². The third-order valence-corrected chi connectivity index (χ3v) is 6.33. The first-order valence-corrected chi connectivity index (χ1v) is 12.9. The fraction of sp³-hybridized carbons (Fsp3) is 0.333. The molecular weight excluding hydrogens is 510 g/mol. The van der Waals surface area contributed by atoms with Crippen LogP contribution in [0.15, 0.2) is 70.1 Å². The monoisotopic (exact) mass is 543 g/mol. The topological polar surface area (TPSA) is 131 Å². The van der Waals surface area contributed by atoms with Crippen LogP contribution in [0.5, 0.6) is 0 Å². The molecule has 0 fully saturated rings. The molecule has 2 amide bonds. The number of alkyl carbamates (subject to hydrolysis) is 1. The van der Waals surface area contributed by atoms with Crippen LogP contribution in [0.2, 0.25) is 0 Å². The lowest BCUT2D eigenvalue weighted by Gasteiger charge is -2.24. The largest absolute Gasteiger partial charge is 0.444 e. The summed E-state index contributed by atoms with van der Waals surface area (Å²) in [5.41, 5.74) is 4.05. The first-order valence-electron chi connectivity index (χ1n) is 12.9. The van der Waals surface area contributed by atoms with Crippen molar-refractivity contribution in [1.82, 2.24) is 19.8 Å². The molecule has 40 heavy (non-hydrogen) atoms. The number of hydrogen-bond donors (Lipinski definition) is 2. The Morgan fingerprint density at radius 2 is 1.70 bits per heavy atom. The highest BCUT2D eigenvalue weighted by Crippen LogP contribution is 2.24. The van der Waals surface area contributed by atoms with E-state index in [1.807, 2.05) is 66.5 Å². The van der Waals surface area contributed by atoms with Crippen LogP contribution in [-0.4, -0.2) is 38.8 Å². The number of nitrogens with zero attached hydrogens (tertiary/aromatic N) is 3. The van der Waals surface area contributed by atoms with E-state index in [4.69, 9.17) is 9.15 Å². The molecule has 0 aliphatic carbocycles. The van der Waals surface area contributed by atoms with Crippen molar-refractivity contribution in [2.45, 2.75) is 51.3 Å². The van der Waals surface area contributed by atoms with E-state index in [1.54, 1.807) is 33.9 Å². The summed E-state index contributed by atoms with van der Waals surface area (Å²) in [6, 6.07) is 15.4. The number of fused-ring (bicyclic) bond motifs is 1. The summed E-state index contributed by atoms with van der Waals surface area (Å²) in [5, 5.41) is 15.2. The van der Waals surface area contributed by atoms with E-state index in [0.717, 1.165) is 22.3 Å². The van der Waals surface area contributed by atoms with Gasteiger partial charge in [-0.15, -0.1) is 0 Å². The number of amides is 2. The van der Waals surface area contributed by atoms with Crippen molar-refractivity contribution < 1.29 is 18.7 Å². The second-order valence-corrected chi connectivity index (χ2v) is 10.8. The summed E-state index contributed by atoms with van der Waals surface area (Å²) in [5.74, 6) is -0.892. The van der Waals surface area contributed by atoms with Crippen LogP contribution in [0.3, 0.4) is 0 Å². The third-order valence-electron chi connectivity index (χ3n) is 6.33. The zero-order valence-corrected chi connectivity index (χ0v) is 23.2. The number of aryl methyl sites for hydroxylation is 2. The number of rotatable bonds is 8. The highest BCUT2D eigenvalue weighted by atomic mass is 16.6. The lowest BCUT2D eigenvalue weighted by Crippen LogP contribution is -2.51. The van der Waals surface area contributed by atoms with Gasteiger partial charge in [0.25, 0.3) is 0 Å². The first kappa shape index (κ1) is 28.2. The first-order chi connectivity index (χ1) is 18.9. The molecule has 4 aromatic rings. The van der Waals surface area contributed by atoms with Crippen LogP contribution in [0.25, 0.3) is 22.2 Å². The average Bonchev–Trinajstić information content (AvgIpc) is 3.43. The van der Waals surface area contributed by atoms with Gasteiger partial charge in [0.05, 0.1) is 11.6 Å². The van der Waals surface area contributed by atoms with Crippen LogP contribution >= 0.6 is 0 Å². The van der Waals surface area contributed by atoms with Crippen molar-refractivity contribution >= 4 is 23.1 Å². The van der Waals surface area contributed by atoms with E-state index < -0.39 is 35.4 Å². The summed E-state index contributed by atoms with van der Waals surface area (Å²) in [6.45, 7) is 5.23. The second kappa shape index (κ2) is 11.5. The molecule has 2 aromatic heterocycles. The van der Waals surface area contributed by atoms with E-state index in [1.165, 1.54) is 4.57 Å². The molecule has 1 unspecified atom stereocenters. The number of nitriles is 1. The molecule has 0 aliphatic rings. The van der Waals surface area contributed by atoms with Crippen molar-refractivity contribution in [3.05, 3.63) is 82.6 Å². The zero-order chi connectivity index (χ0) is 29.0. The molecule has 0 bridgehead atoms. The van der Waals surface area contributed by atoms with Crippen molar-refractivity contribution in [2.24, 2.45) is 14.1 Å². The lowest BCUT2D eigenvalue weighted by molar-refractivity contribution is -0.123. The van der Waals surface area contributed by atoms with Gasteiger partial charge in [-0.1, -0.05) is 30.3 Å². The van der Waals surface area contributed by atoms with Gasteiger partial charge in [0, 0.05) is 39.3 Å². The molecule has 0 saturated heterocycles. The van der Waals surface area contributed by atoms with Crippen molar-refractivity contribution in [2.75, 3.05) is 0 Å². The van der Waals surface area contributed by atoms with Gasteiger partial charge in [-0.05, 0) is 61.2 Å². The van der Waals surface area contributed by atoms with Crippen molar-refractivity contribution in [1.29, 1.82) is 5.26 Å². The Kier molecular flexibility index (Phi) is 8.14. The van der Waals surface area contributed by atoms with Crippen LogP contribution in [-0.2, 0) is 36.5 Å². The van der Waals surface area contributed by atoms with Gasteiger partial charge in [0.2, 0.25) is 5.91 Å².